The van der Waals surface area contributed by atoms with Gasteiger partial charge in [-0.05, 0) is 24.3 Å². The molecule has 4 rings (SSSR count). The number of nitrogens with zero attached hydrogens (tertiary/aromatic N) is 8. The van der Waals surface area contributed by atoms with E-state index >= 15 is 0 Å². The van der Waals surface area contributed by atoms with E-state index in [0.29, 0.717) is 21.8 Å². The molecule has 11 heteroatoms. The summed E-state index contributed by atoms with van der Waals surface area (Å²) in [4.78, 5) is 12.1. The van der Waals surface area contributed by atoms with E-state index in [1.165, 1.54) is 0 Å². The molecule has 0 saturated carbocycles. The van der Waals surface area contributed by atoms with Gasteiger partial charge in [0.25, 0.3) is 0 Å². The van der Waals surface area contributed by atoms with Gasteiger partial charge in [0.05, 0.1) is 11.4 Å². The van der Waals surface area contributed by atoms with Crippen LogP contribution in [0.4, 0.5) is 0 Å². The molecule has 0 aliphatic carbocycles. The molecule has 0 bridgehead atoms. The van der Waals surface area contributed by atoms with E-state index in [2.05, 4.69) is 30.4 Å². The van der Waals surface area contributed by atoms with E-state index in [1.54, 1.807) is 22.2 Å². The van der Waals surface area contributed by atoms with Crippen molar-refractivity contribution in [3.8, 4) is 0 Å². The average Bonchev–Trinajstić information content (AvgIpc) is 2.99. The summed E-state index contributed by atoms with van der Waals surface area (Å²) >= 11 is 10.3. The molecule has 2 aromatic heterocycles. The maximum atomic E-state index is 5.13. The van der Waals surface area contributed by atoms with Crippen LogP contribution in [0.2, 0.25) is 0 Å². The van der Waals surface area contributed by atoms with Crippen molar-refractivity contribution in [2.45, 2.75) is 0 Å². The van der Waals surface area contributed by atoms with Gasteiger partial charge in [-0.25, -0.2) is 0 Å². The van der Waals surface area contributed by atoms with Gasteiger partial charge in [-0.15, -0.1) is 10.2 Å². The number of hydrogen-bond donors (Lipinski definition) is 0. The number of aromatic nitrogens is 2. The van der Waals surface area contributed by atoms with E-state index in [4.69, 9.17) is 25.3 Å². The molecule has 0 spiro atoms. The molecule has 0 unspecified atom stereocenters. The summed E-state index contributed by atoms with van der Waals surface area (Å²) in [6.45, 7) is 0. The Bertz CT molecular complexity index is 1250. The quantitative estimate of drug-likeness (QED) is 0.103. The van der Waals surface area contributed by atoms with Crippen LogP contribution in [0, 0.1) is 0 Å². The van der Waals surface area contributed by atoms with E-state index in [0.717, 1.165) is 22.5 Å². The second-order valence-electron chi connectivity index (χ2n) is 8.61. The zero-order valence-electron chi connectivity index (χ0n) is 23.1. The molecule has 210 valence electrons. The van der Waals surface area contributed by atoms with Crippen molar-refractivity contribution in [2.24, 2.45) is 20.4 Å². The molecule has 2 aromatic carbocycles. The molecule has 0 saturated heterocycles. The molecule has 4 aromatic rings. The first kappa shape index (κ1) is 33.2. The summed E-state index contributed by atoms with van der Waals surface area (Å²) < 4.78 is 0. The van der Waals surface area contributed by atoms with Gasteiger partial charge in [0, 0.05) is 62.0 Å². The maximum Gasteiger partial charge on any atom is 2.00 e. The van der Waals surface area contributed by atoms with Crippen LogP contribution >= 0.6 is 0 Å². The fraction of sp³-hybridized carbons (Fsp3) is 0.133. The van der Waals surface area contributed by atoms with Gasteiger partial charge in [0.2, 0.25) is 0 Å². The first-order valence-corrected chi connectivity index (χ1v) is 13.1. The number of pyridine rings is 2. The topological polar surface area (TPSA) is 81.7 Å². The second kappa shape index (κ2) is 17.6. The van der Waals surface area contributed by atoms with Crippen LogP contribution in [0.25, 0.3) is 0 Å². The van der Waals surface area contributed by atoms with E-state index < -0.39 is 0 Å². The van der Waals surface area contributed by atoms with Crippen molar-refractivity contribution in [2.75, 3.05) is 28.2 Å². The van der Waals surface area contributed by atoms with E-state index in [9.17, 15) is 0 Å². The van der Waals surface area contributed by atoms with Crippen molar-refractivity contribution in [1.82, 2.24) is 19.8 Å². The zero-order chi connectivity index (χ0) is 28.7. The standard InChI is InChI=1S/2C15H16N4S.Fe/c2*1-19(2)15(20)18-17-14(12-8-4-3-5-9-12)13-10-6-7-11-16-13;/h2*3-11H,1-2H3,(H,18,20);/q;;+2/p-2/b2*17-14-;. The van der Waals surface area contributed by atoms with Gasteiger partial charge in [-0.2, -0.15) is 10.2 Å². The number of benzene rings is 2. The third-order valence-electron chi connectivity index (χ3n) is 5.15. The number of hydrogen-bond acceptors (Lipinski definition) is 8. The van der Waals surface area contributed by atoms with Crippen LogP contribution in [0.3, 0.4) is 0 Å². The summed E-state index contributed by atoms with van der Waals surface area (Å²) in [6, 6.07) is 31.0. The Kier molecular flexibility index (Phi) is 14.3. The van der Waals surface area contributed by atoms with Gasteiger partial charge >= 0.3 is 17.1 Å². The minimum absolute atomic E-state index is 0. The molecule has 0 amide bonds. The molecule has 0 fully saturated rings. The third-order valence-corrected chi connectivity index (χ3v) is 6.04. The minimum atomic E-state index is 0. The van der Waals surface area contributed by atoms with Crippen molar-refractivity contribution in [3.63, 3.8) is 0 Å². The zero-order valence-corrected chi connectivity index (χ0v) is 25.9. The van der Waals surface area contributed by atoms with Crippen LogP contribution in [-0.4, -0.2) is 69.7 Å². The van der Waals surface area contributed by atoms with Crippen LogP contribution < -0.4 is 0 Å². The van der Waals surface area contributed by atoms with Crippen LogP contribution in [0.15, 0.2) is 130 Å². The largest absolute Gasteiger partial charge is 2.00 e. The van der Waals surface area contributed by atoms with Crippen molar-refractivity contribution in [3.05, 3.63) is 132 Å². The Morgan fingerprint density at radius 2 is 0.854 bits per heavy atom. The second-order valence-corrected chi connectivity index (χ2v) is 9.34. The minimum Gasteiger partial charge on any atom is -0.741 e. The normalized spacial score (nSPS) is 12.0. The molecular weight excluding hydrogens is 592 g/mol. The predicted octanol–water partition coefficient (Wildman–Crippen LogP) is 4.59. The van der Waals surface area contributed by atoms with E-state index in [1.807, 2.05) is 125 Å². The van der Waals surface area contributed by atoms with Crippen LogP contribution in [0.5, 0.6) is 0 Å². The maximum absolute atomic E-state index is 5.13. The molecule has 0 aliphatic rings. The van der Waals surface area contributed by atoms with Crippen molar-refractivity contribution in [1.29, 1.82) is 0 Å². The number of amidine groups is 2. The molecule has 41 heavy (non-hydrogen) atoms. The van der Waals surface area contributed by atoms with Crippen LogP contribution in [0.1, 0.15) is 22.5 Å². The summed E-state index contributed by atoms with van der Waals surface area (Å²) in [6.07, 6.45) is 3.47. The Morgan fingerprint density at radius 1 is 0.512 bits per heavy atom. The predicted molar refractivity (Wildman–Crippen MR) is 170 cm³/mol. The molecule has 8 nitrogen and oxygen atoms in total. The fourth-order valence-corrected chi connectivity index (χ4v) is 3.16. The Labute approximate surface area is 263 Å². The Morgan fingerprint density at radius 3 is 1.15 bits per heavy atom. The molecule has 0 aliphatic heterocycles. The first-order valence-electron chi connectivity index (χ1n) is 12.3. The van der Waals surface area contributed by atoms with Gasteiger partial charge in [0.1, 0.15) is 11.4 Å². The average molecular weight is 623 g/mol. The fourth-order valence-electron chi connectivity index (χ4n) is 3.08. The van der Waals surface area contributed by atoms with Gasteiger partial charge in [0.15, 0.2) is 0 Å². The third kappa shape index (κ3) is 10.8. The monoisotopic (exact) mass is 622 g/mol. The Balaban J connectivity index is 0.000000280. The Hall–Kier alpha value is -4.02. The molecule has 2 heterocycles. The SMILES string of the molecule is CN(C)/C([S-])=N\N=C(\c1ccccc1)c1ccccn1.CN(C)/C([S-])=N\N=C(\c1ccccc1)c1ccccn1.[Fe+2]. The molecule has 0 atom stereocenters. The summed E-state index contributed by atoms with van der Waals surface area (Å²) in [5.74, 6) is 0. The van der Waals surface area contributed by atoms with Gasteiger partial charge in [-0.3, -0.25) is 9.97 Å². The van der Waals surface area contributed by atoms with Gasteiger partial charge < -0.3 is 35.1 Å². The first-order chi connectivity index (χ1) is 19.4. The molecule has 0 radical (unpaired) electrons. The number of rotatable bonds is 6. The molecule has 0 N–H and O–H groups in total. The smallest absolute Gasteiger partial charge is 0.741 e. The van der Waals surface area contributed by atoms with Crippen molar-refractivity contribution >= 4 is 47.0 Å². The molecular formula is C30H30FeN8S2. The summed E-state index contributed by atoms with van der Waals surface area (Å²) in [5.41, 5.74) is 4.85. The summed E-state index contributed by atoms with van der Waals surface area (Å²) in [7, 11) is 7.35. The van der Waals surface area contributed by atoms with Crippen molar-refractivity contribution < 1.29 is 17.1 Å². The van der Waals surface area contributed by atoms with Gasteiger partial charge in [-0.1, -0.05) is 72.8 Å². The van der Waals surface area contributed by atoms with Crippen LogP contribution in [-0.2, 0) is 42.3 Å². The van der Waals surface area contributed by atoms with E-state index in [-0.39, 0.29) is 17.1 Å². The summed E-state index contributed by atoms with van der Waals surface area (Å²) in [5, 5.41) is 17.6.